The standard InChI is InChI=1S/C13H23N3O3/c1-5-10(4)11(12(17)18)15-13(19)16(9(2)3)8-6-7-14/h9-11H,5-6,8H2,1-4H3,(H,15,19)(H,17,18)/t10?,11-/m0/s1. The van der Waals surface area contributed by atoms with Gasteiger partial charge in [-0.05, 0) is 19.8 Å². The summed E-state index contributed by atoms with van der Waals surface area (Å²) in [7, 11) is 0. The minimum Gasteiger partial charge on any atom is -0.480 e. The third-order valence-corrected chi connectivity index (χ3v) is 3.11. The fourth-order valence-electron chi connectivity index (χ4n) is 1.66. The summed E-state index contributed by atoms with van der Waals surface area (Å²) in [4.78, 5) is 24.7. The number of rotatable bonds is 7. The van der Waals surface area contributed by atoms with E-state index in [4.69, 9.17) is 10.4 Å². The second-order valence-electron chi connectivity index (χ2n) is 4.85. The average Bonchev–Trinajstić information content (AvgIpc) is 2.34. The minimum atomic E-state index is -1.04. The molecule has 0 radical (unpaired) electrons. The molecule has 0 aromatic carbocycles. The molecular weight excluding hydrogens is 246 g/mol. The van der Waals surface area contributed by atoms with Crippen LogP contribution in [0.1, 0.15) is 40.5 Å². The van der Waals surface area contributed by atoms with Gasteiger partial charge in [0.25, 0.3) is 0 Å². The van der Waals surface area contributed by atoms with Gasteiger partial charge in [-0.3, -0.25) is 0 Å². The SMILES string of the molecule is CCC(C)[C@H](NC(=O)N(CCC#N)C(C)C)C(=O)O. The lowest BCUT2D eigenvalue weighted by Crippen LogP contribution is -2.52. The maximum absolute atomic E-state index is 12.1. The lowest BCUT2D eigenvalue weighted by atomic mass is 9.99. The number of carboxylic acid groups (broad SMARTS) is 1. The Morgan fingerprint density at radius 1 is 1.37 bits per heavy atom. The van der Waals surface area contributed by atoms with E-state index < -0.39 is 18.0 Å². The number of urea groups is 1. The van der Waals surface area contributed by atoms with Gasteiger partial charge in [0.2, 0.25) is 0 Å². The van der Waals surface area contributed by atoms with Gasteiger partial charge in [-0.1, -0.05) is 20.3 Å². The van der Waals surface area contributed by atoms with E-state index in [1.165, 1.54) is 4.90 Å². The number of hydrogen-bond acceptors (Lipinski definition) is 3. The zero-order chi connectivity index (χ0) is 15.0. The van der Waals surface area contributed by atoms with E-state index in [1.54, 1.807) is 6.92 Å². The summed E-state index contributed by atoms with van der Waals surface area (Å²) in [6.45, 7) is 7.62. The van der Waals surface area contributed by atoms with E-state index in [-0.39, 0.29) is 18.4 Å². The van der Waals surface area contributed by atoms with Gasteiger partial charge in [-0.25, -0.2) is 9.59 Å². The van der Waals surface area contributed by atoms with Gasteiger partial charge in [0.1, 0.15) is 6.04 Å². The second kappa shape index (κ2) is 8.35. The molecule has 0 saturated heterocycles. The maximum atomic E-state index is 12.1. The molecule has 0 aliphatic carbocycles. The number of amides is 2. The van der Waals surface area contributed by atoms with E-state index in [0.29, 0.717) is 13.0 Å². The highest BCUT2D eigenvalue weighted by Crippen LogP contribution is 2.09. The predicted molar refractivity (Wildman–Crippen MR) is 71.5 cm³/mol. The zero-order valence-corrected chi connectivity index (χ0v) is 12.0. The average molecular weight is 269 g/mol. The van der Waals surface area contributed by atoms with Crippen LogP contribution in [0, 0.1) is 17.2 Å². The van der Waals surface area contributed by atoms with Crippen molar-refractivity contribution >= 4 is 12.0 Å². The second-order valence-corrected chi connectivity index (χ2v) is 4.85. The number of carboxylic acids is 1. The molecule has 0 aliphatic heterocycles. The summed E-state index contributed by atoms with van der Waals surface area (Å²) in [6, 6.07) is 0.562. The Kier molecular flexibility index (Phi) is 7.57. The summed E-state index contributed by atoms with van der Waals surface area (Å²) in [5.41, 5.74) is 0. The summed E-state index contributed by atoms with van der Waals surface area (Å²) < 4.78 is 0. The van der Waals surface area contributed by atoms with Crippen molar-refractivity contribution in [2.24, 2.45) is 5.92 Å². The molecule has 0 saturated carbocycles. The third-order valence-electron chi connectivity index (χ3n) is 3.11. The van der Waals surface area contributed by atoms with E-state index in [1.807, 2.05) is 26.8 Å². The lowest BCUT2D eigenvalue weighted by molar-refractivity contribution is -0.140. The molecule has 2 atom stereocenters. The van der Waals surface area contributed by atoms with Crippen LogP contribution in [0.3, 0.4) is 0 Å². The quantitative estimate of drug-likeness (QED) is 0.737. The number of nitrogens with one attached hydrogen (secondary N) is 1. The Balaban J connectivity index is 4.76. The Morgan fingerprint density at radius 2 is 1.95 bits per heavy atom. The summed E-state index contributed by atoms with van der Waals surface area (Å²) >= 11 is 0. The van der Waals surface area contributed by atoms with Crippen molar-refractivity contribution in [3.8, 4) is 6.07 Å². The molecule has 0 aromatic rings. The molecular formula is C13H23N3O3. The van der Waals surface area contributed by atoms with E-state index in [0.717, 1.165) is 0 Å². The van der Waals surface area contributed by atoms with Crippen LogP contribution < -0.4 is 5.32 Å². The van der Waals surface area contributed by atoms with Gasteiger partial charge in [0.15, 0.2) is 0 Å². The minimum absolute atomic E-state index is 0.0836. The first-order valence-corrected chi connectivity index (χ1v) is 6.52. The zero-order valence-electron chi connectivity index (χ0n) is 12.0. The molecule has 108 valence electrons. The van der Waals surface area contributed by atoms with E-state index in [9.17, 15) is 9.59 Å². The smallest absolute Gasteiger partial charge is 0.326 e. The molecule has 6 heteroatoms. The summed E-state index contributed by atoms with van der Waals surface area (Å²) in [5.74, 6) is -1.18. The first kappa shape index (κ1) is 17.2. The highest BCUT2D eigenvalue weighted by atomic mass is 16.4. The number of carbonyl (C=O) groups is 2. The van der Waals surface area contributed by atoms with Crippen LogP contribution in [-0.4, -0.2) is 40.6 Å². The van der Waals surface area contributed by atoms with E-state index >= 15 is 0 Å². The van der Waals surface area contributed by atoms with Crippen LogP contribution >= 0.6 is 0 Å². The molecule has 0 spiro atoms. The van der Waals surface area contributed by atoms with Crippen LogP contribution in [0.25, 0.3) is 0 Å². The van der Waals surface area contributed by atoms with Crippen molar-refractivity contribution in [2.45, 2.75) is 52.6 Å². The van der Waals surface area contributed by atoms with Crippen molar-refractivity contribution in [3.63, 3.8) is 0 Å². The van der Waals surface area contributed by atoms with Crippen molar-refractivity contribution in [1.29, 1.82) is 5.26 Å². The highest BCUT2D eigenvalue weighted by molar-refractivity contribution is 5.82. The van der Waals surface area contributed by atoms with Gasteiger partial charge in [0.05, 0.1) is 12.5 Å². The molecule has 1 unspecified atom stereocenters. The Hall–Kier alpha value is -1.77. The molecule has 0 bridgehead atoms. The number of nitriles is 1. The van der Waals surface area contributed by atoms with Gasteiger partial charge < -0.3 is 15.3 Å². The molecule has 0 aromatic heterocycles. The number of hydrogen-bond donors (Lipinski definition) is 2. The highest BCUT2D eigenvalue weighted by Gasteiger charge is 2.28. The maximum Gasteiger partial charge on any atom is 0.326 e. The van der Waals surface area contributed by atoms with Gasteiger partial charge >= 0.3 is 12.0 Å². The Labute approximate surface area is 114 Å². The largest absolute Gasteiger partial charge is 0.480 e. The Morgan fingerprint density at radius 3 is 2.32 bits per heavy atom. The van der Waals surface area contributed by atoms with Crippen molar-refractivity contribution in [2.75, 3.05) is 6.54 Å². The van der Waals surface area contributed by atoms with Crippen LogP contribution in [-0.2, 0) is 4.79 Å². The van der Waals surface area contributed by atoms with Crippen LogP contribution in [0.2, 0.25) is 0 Å². The van der Waals surface area contributed by atoms with Gasteiger partial charge in [-0.2, -0.15) is 5.26 Å². The lowest BCUT2D eigenvalue weighted by Gasteiger charge is -2.29. The molecule has 0 rings (SSSR count). The van der Waals surface area contributed by atoms with Crippen LogP contribution in [0.15, 0.2) is 0 Å². The van der Waals surface area contributed by atoms with E-state index in [2.05, 4.69) is 5.32 Å². The van der Waals surface area contributed by atoms with Crippen LogP contribution in [0.4, 0.5) is 4.79 Å². The summed E-state index contributed by atoms with van der Waals surface area (Å²) in [5, 5.41) is 20.2. The van der Waals surface area contributed by atoms with Crippen LogP contribution in [0.5, 0.6) is 0 Å². The number of carbonyl (C=O) groups excluding carboxylic acids is 1. The molecule has 2 N–H and O–H groups in total. The Bertz CT molecular complexity index is 350. The van der Waals surface area contributed by atoms with Crippen molar-refractivity contribution in [3.05, 3.63) is 0 Å². The normalized spacial score (nSPS) is 13.5. The van der Waals surface area contributed by atoms with Crippen molar-refractivity contribution in [1.82, 2.24) is 10.2 Å². The monoisotopic (exact) mass is 269 g/mol. The number of aliphatic carboxylic acids is 1. The molecule has 19 heavy (non-hydrogen) atoms. The fourth-order valence-corrected chi connectivity index (χ4v) is 1.66. The first-order chi connectivity index (χ1) is 8.84. The molecule has 6 nitrogen and oxygen atoms in total. The van der Waals surface area contributed by atoms with Gasteiger partial charge in [-0.15, -0.1) is 0 Å². The fraction of sp³-hybridized carbons (Fsp3) is 0.769. The predicted octanol–water partition coefficient (Wildman–Crippen LogP) is 1.82. The molecule has 2 amide bonds. The molecule has 0 aliphatic rings. The topological polar surface area (TPSA) is 93.4 Å². The molecule has 0 heterocycles. The number of nitrogens with zero attached hydrogens (tertiary/aromatic N) is 2. The van der Waals surface area contributed by atoms with Crippen molar-refractivity contribution < 1.29 is 14.7 Å². The first-order valence-electron chi connectivity index (χ1n) is 6.52. The summed E-state index contributed by atoms with van der Waals surface area (Å²) in [6.07, 6.45) is 0.893. The van der Waals surface area contributed by atoms with Gasteiger partial charge in [0, 0.05) is 12.6 Å². The molecule has 0 fully saturated rings. The third kappa shape index (κ3) is 5.60.